The Kier molecular flexibility index (Phi) is 4.88. The molecule has 0 fully saturated rings. The molecule has 0 aliphatic carbocycles. The molecule has 0 atom stereocenters. The summed E-state index contributed by atoms with van der Waals surface area (Å²) in [5, 5.41) is 8.52. The summed E-state index contributed by atoms with van der Waals surface area (Å²) in [6.45, 7) is 0. The van der Waals surface area contributed by atoms with Gasteiger partial charge in [-0.25, -0.2) is 0 Å². The van der Waals surface area contributed by atoms with Crippen molar-refractivity contribution in [1.82, 2.24) is 0 Å². The van der Waals surface area contributed by atoms with Crippen molar-refractivity contribution >= 4 is 33.7 Å². The minimum Gasteiger partial charge on any atom is -0.481 e. The Hall–Kier alpha value is -0.690. The monoisotopic (exact) mass is 328 g/mol. The highest BCUT2D eigenvalue weighted by atomic mass is 79.9. The Morgan fingerprint density at radius 1 is 1.41 bits per heavy atom. The molecular weight excluding hydrogens is 321 g/mol. The van der Waals surface area contributed by atoms with Crippen LogP contribution < -0.4 is 0 Å². The van der Waals surface area contributed by atoms with Gasteiger partial charge >= 0.3 is 11.5 Å². The lowest BCUT2D eigenvalue weighted by molar-refractivity contribution is -0.136. The van der Waals surface area contributed by atoms with Crippen LogP contribution in [0.1, 0.15) is 12.0 Å². The van der Waals surface area contributed by atoms with Gasteiger partial charge in [-0.1, -0.05) is 15.9 Å². The highest BCUT2D eigenvalue weighted by Crippen LogP contribution is 2.38. The van der Waals surface area contributed by atoms with Crippen LogP contribution in [-0.4, -0.2) is 16.6 Å². The third kappa shape index (κ3) is 5.45. The summed E-state index contributed by atoms with van der Waals surface area (Å²) in [5.41, 5.74) is -3.78. The van der Waals surface area contributed by atoms with Crippen molar-refractivity contribution < 1.29 is 23.1 Å². The van der Waals surface area contributed by atoms with Crippen LogP contribution in [0, 0.1) is 0 Å². The average Bonchev–Trinajstić information content (AvgIpc) is 2.16. The summed E-state index contributed by atoms with van der Waals surface area (Å²) in [4.78, 5) is 10.5. The maximum absolute atomic E-state index is 12.1. The first-order valence-electron chi connectivity index (χ1n) is 4.54. The standard InChI is InChI=1S/C10H8BrF3O2S/c11-8-3-2-7(17-10(12,13)14)5-6(8)1-4-9(15)16/h2-3,5H,1,4H2,(H,15,16). The van der Waals surface area contributed by atoms with Gasteiger partial charge in [0.15, 0.2) is 0 Å². The largest absolute Gasteiger partial charge is 0.481 e. The van der Waals surface area contributed by atoms with Crippen molar-refractivity contribution in [3.63, 3.8) is 0 Å². The van der Waals surface area contributed by atoms with E-state index in [1.165, 1.54) is 18.2 Å². The summed E-state index contributed by atoms with van der Waals surface area (Å²) in [6.07, 6.45) is 0.0842. The molecule has 94 valence electrons. The van der Waals surface area contributed by atoms with Crippen LogP contribution >= 0.6 is 27.7 Å². The molecule has 0 heterocycles. The molecule has 0 saturated heterocycles. The lowest BCUT2D eigenvalue weighted by Crippen LogP contribution is -2.01. The van der Waals surface area contributed by atoms with Gasteiger partial charge in [-0.2, -0.15) is 13.2 Å². The predicted octanol–water partition coefficient (Wildman–Crippen LogP) is 4.08. The number of rotatable bonds is 4. The first kappa shape index (κ1) is 14.4. The van der Waals surface area contributed by atoms with E-state index >= 15 is 0 Å². The molecule has 1 aromatic carbocycles. The number of aliphatic carboxylic acids is 1. The van der Waals surface area contributed by atoms with Crippen molar-refractivity contribution in [2.45, 2.75) is 23.2 Å². The van der Waals surface area contributed by atoms with E-state index in [-0.39, 0.29) is 29.5 Å². The minimum absolute atomic E-state index is 0.0566. The highest BCUT2D eigenvalue weighted by Gasteiger charge is 2.29. The number of hydrogen-bond acceptors (Lipinski definition) is 2. The van der Waals surface area contributed by atoms with E-state index in [1.807, 2.05) is 0 Å². The van der Waals surface area contributed by atoms with Crippen LogP contribution in [0.3, 0.4) is 0 Å². The zero-order valence-electron chi connectivity index (χ0n) is 8.42. The Morgan fingerprint density at radius 2 is 2.06 bits per heavy atom. The van der Waals surface area contributed by atoms with Crippen molar-refractivity contribution in [2.75, 3.05) is 0 Å². The number of carboxylic acids is 1. The van der Waals surface area contributed by atoms with Crippen molar-refractivity contribution in [1.29, 1.82) is 0 Å². The van der Waals surface area contributed by atoms with Crippen LogP contribution in [0.25, 0.3) is 0 Å². The minimum atomic E-state index is -4.34. The molecule has 0 saturated carbocycles. The van der Waals surface area contributed by atoms with Crippen LogP contribution in [0.5, 0.6) is 0 Å². The SMILES string of the molecule is O=C(O)CCc1cc(SC(F)(F)F)ccc1Br. The van der Waals surface area contributed by atoms with Gasteiger partial charge in [-0.15, -0.1) is 0 Å². The number of hydrogen-bond donors (Lipinski definition) is 1. The van der Waals surface area contributed by atoms with Crippen LogP contribution in [0.2, 0.25) is 0 Å². The first-order chi connectivity index (χ1) is 7.78. The fraction of sp³-hybridized carbons (Fsp3) is 0.300. The molecule has 0 aromatic heterocycles. The summed E-state index contributed by atoms with van der Waals surface area (Å²) in [6, 6.07) is 4.18. The molecule has 1 rings (SSSR count). The fourth-order valence-electron chi connectivity index (χ4n) is 1.18. The van der Waals surface area contributed by atoms with E-state index in [9.17, 15) is 18.0 Å². The van der Waals surface area contributed by atoms with Crippen LogP contribution in [0.15, 0.2) is 27.6 Å². The topological polar surface area (TPSA) is 37.3 Å². The zero-order valence-corrected chi connectivity index (χ0v) is 10.8. The van der Waals surface area contributed by atoms with Crippen LogP contribution in [0.4, 0.5) is 13.2 Å². The summed E-state index contributed by atoms with van der Waals surface area (Å²) < 4.78 is 37.1. The van der Waals surface area contributed by atoms with E-state index in [0.29, 0.717) is 10.0 Å². The van der Waals surface area contributed by atoms with Crippen molar-refractivity contribution in [3.8, 4) is 0 Å². The molecule has 0 aliphatic rings. The Bertz CT molecular complexity index is 421. The quantitative estimate of drug-likeness (QED) is 0.846. The number of carboxylic acid groups (broad SMARTS) is 1. The Labute approximate surface area is 108 Å². The zero-order chi connectivity index (χ0) is 13.1. The van der Waals surface area contributed by atoms with Gasteiger partial charge in [-0.05, 0) is 41.9 Å². The third-order valence-corrected chi connectivity index (χ3v) is 3.35. The molecule has 0 unspecified atom stereocenters. The van der Waals surface area contributed by atoms with Gasteiger partial charge < -0.3 is 5.11 Å². The third-order valence-electron chi connectivity index (χ3n) is 1.86. The second kappa shape index (κ2) is 5.77. The lowest BCUT2D eigenvalue weighted by atomic mass is 10.1. The molecule has 0 spiro atoms. The van der Waals surface area contributed by atoms with Gasteiger partial charge in [0.2, 0.25) is 0 Å². The molecule has 0 radical (unpaired) electrons. The van der Waals surface area contributed by atoms with Gasteiger partial charge in [0.1, 0.15) is 0 Å². The number of thioether (sulfide) groups is 1. The normalized spacial score (nSPS) is 11.5. The van der Waals surface area contributed by atoms with Gasteiger partial charge in [0.25, 0.3) is 0 Å². The predicted molar refractivity (Wildman–Crippen MR) is 62.0 cm³/mol. The molecule has 1 N–H and O–H groups in total. The molecule has 7 heteroatoms. The van der Waals surface area contributed by atoms with Crippen molar-refractivity contribution in [3.05, 3.63) is 28.2 Å². The Balaban J connectivity index is 2.83. The van der Waals surface area contributed by atoms with Gasteiger partial charge in [-0.3, -0.25) is 4.79 Å². The maximum atomic E-state index is 12.1. The van der Waals surface area contributed by atoms with E-state index in [1.54, 1.807) is 0 Å². The number of aryl methyl sites for hydroxylation is 1. The number of carbonyl (C=O) groups is 1. The molecule has 0 bridgehead atoms. The smallest absolute Gasteiger partial charge is 0.446 e. The average molecular weight is 329 g/mol. The van der Waals surface area contributed by atoms with E-state index in [2.05, 4.69) is 15.9 Å². The summed E-state index contributed by atoms with van der Waals surface area (Å²) >= 11 is 2.97. The van der Waals surface area contributed by atoms with E-state index < -0.39 is 11.5 Å². The van der Waals surface area contributed by atoms with Gasteiger partial charge in [0.05, 0.1) is 0 Å². The highest BCUT2D eigenvalue weighted by molar-refractivity contribution is 9.10. The molecule has 0 amide bonds. The van der Waals surface area contributed by atoms with E-state index in [4.69, 9.17) is 5.11 Å². The Morgan fingerprint density at radius 3 is 2.59 bits per heavy atom. The fourth-order valence-corrected chi connectivity index (χ4v) is 2.23. The first-order valence-corrected chi connectivity index (χ1v) is 6.15. The molecular formula is C10H8BrF3O2S. The lowest BCUT2D eigenvalue weighted by Gasteiger charge is -2.08. The molecule has 17 heavy (non-hydrogen) atoms. The van der Waals surface area contributed by atoms with E-state index in [0.717, 1.165) is 0 Å². The summed E-state index contributed by atoms with van der Waals surface area (Å²) in [7, 11) is 0. The number of halogens is 4. The van der Waals surface area contributed by atoms with Gasteiger partial charge in [0, 0.05) is 15.8 Å². The number of alkyl halides is 3. The second-order valence-electron chi connectivity index (χ2n) is 3.19. The second-order valence-corrected chi connectivity index (χ2v) is 5.19. The summed E-state index contributed by atoms with van der Waals surface area (Å²) in [5.74, 6) is -0.981. The maximum Gasteiger partial charge on any atom is 0.446 e. The molecule has 1 aromatic rings. The molecule has 2 nitrogen and oxygen atoms in total. The van der Waals surface area contributed by atoms with Crippen LogP contribution in [-0.2, 0) is 11.2 Å². The number of benzene rings is 1. The molecule has 0 aliphatic heterocycles. The van der Waals surface area contributed by atoms with Crippen molar-refractivity contribution in [2.24, 2.45) is 0 Å².